The zero-order valence-electron chi connectivity index (χ0n) is 8.13. The van der Waals surface area contributed by atoms with Gasteiger partial charge in [-0.25, -0.2) is 0 Å². The minimum absolute atomic E-state index is 0.00898. The average molecular weight is 170 g/mol. The van der Waals surface area contributed by atoms with E-state index in [4.69, 9.17) is 5.11 Å². The van der Waals surface area contributed by atoms with Crippen molar-refractivity contribution in [2.45, 2.75) is 33.6 Å². The largest absolute Gasteiger partial charge is 0.395 e. The van der Waals surface area contributed by atoms with Gasteiger partial charge in [-0.1, -0.05) is 20.8 Å². The van der Waals surface area contributed by atoms with Crippen molar-refractivity contribution in [1.29, 1.82) is 0 Å². The normalized spacial score (nSPS) is 36.4. The van der Waals surface area contributed by atoms with Crippen LogP contribution in [0.3, 0.4) is 0 Å². The molecule has 0 aromatic carbocycles. The minimum Gasteiger partial charge on any atom is -0.395 e. The molecule has 12 heavy (non-hydrogen) atoms. The lowest BCUT2D eigenvalue weighted by Gasteiger charge is -2.20. The number of aliphatic hydroxyl groups excluding tert-OH is 1. The zero-order chi connectivity index (χ0) is 9.35. The first kappa shape index (κ1) is 9.72. The third-order valence-electron chi connectivity index (χ3n) is 3.09. The fourth-order valence-corrected chi connectivity index (χ4v) is 1.97. The number of rotatable bonds is 2. The van der Waals surface area contributed by atoms with Crippen LogP contribution in [0.1, 0.15) is 33.6 Å². The number of carbonyl (C=O) groups is 1. The number of carbonyl (C=O) groups excluding carboxylic acids is 1. The van der Waals surface area contributed by atoms with Gasteiger partial charge in [0.1, 0.15) is 5.78 Å². The van der Waals surface area contributed by atoms with Crippen LogP contribution in [-0.4, -0.2) is 17.5 Å². The lowest BCUT2D eigenvalue weighted by molar-refractivity contribution is -0.131. The predicted octanol–water partition coefficient (Wildman–Crippen LogP) is 1.62. The predicted molar refractivity (Wildman–Crippen MR) is 47.8 cm³/mol. The summed E-state index contributed by atoms with van der Waals surface area (Å²) >= 11 is 0. The van der Waals surface area contributed by atoms with E-state index in [1.165, 1.54) is 0 Å². The highest BCUT2D eigenvalue weighted by molar-refractivity contribution is 5.89. The van der Waals surface area contributed by atoms with E-state index < -0.39 is 5.41 Å². The summed E-state index contributed by atoms with van der Waals surface area (Å²) in [6.07, 6.45) is 1.80. The van der Waals surface area contributed by atoms with E-state index in [1.807, 2.05) is 6.92 Å². The van der Waals surface area contributed by atoms with Gasteiger partial charge in [0, 0.05) is 11.3 Å². The number of ketones is 1. The highest BCUT2D eigenvalue weighted by Gasteiger charge is 2.44. The lowest BCUT2D eigenvalue weighted by atomic mass is 9.84. The van der Waals surface area contributed by atoms with Crippen molar-refractivity contribution in [2.75, 3.05) is 6.61 Å². The summed E-state index contributed by atoms with van der Waals surface area (Å²) in [6.45, 7) is 6.03. The molecule has 0 bridgehead atoms. The first-order valence-electron chi connectivity index (χ1n) is 4.66. The second-order valence-electron chi connectivity index (χ2n) is 4.47. The number of hydrogen-bond acceptors (Lipinski definition) is 2. The van der Waals surface area contributed by atoms with E-state index in [9.17, 15) is 4.79 Å². The van der Waals surface area contributed by atoms with Gasteiger partial charge in [0.25, 0.3) is 0 Å². The van der Waals surface area contributed by atoms with E-state index in [-0.39, 0.29) is 18.3 Å². The molecule has 0 aromatic heterocycles. The fraction of sp³-hybridized carbons (Fsp3) is 0.900. The average Bonchev–Trinajstić information content (AvgIpc) is 2.30. The quantitative estimate of drug-likeness (QED) is 0.683. The van der Waals surface area contributed by atoms with Crippen LogP contribution in [-0.2, 0) is 4.79 Å². The molecule has 0 aliphatic heterocycles. The summed E-state index contributed by atoms with van der Waals surface area (Å²) in [6, 6.07) is 0. The molecule has 0 aromatic rings. The highest BCUT2D eigenvalue weighted by atomic mass is 16.3. The molecule has 0 heterocycles. The number of hydrogen-bond donors (Lipinski definition) is 1. The summed E-state index contributed by atoms with van der Waals surface area (Å²) in [5, 5.41) is 9.07. The summed E-state index contributed by atoms with van der Waals surface area (Å²) < 4.78 is 0. The van der Waals surface area contributed by atoms with Gasteiger partial charge < -0.3 is 5.11 Å². The second-order valence-corrected chi connectivity index (χ2v) is 4.47. The van der Waals surface area contributed by atoms with Crippen LogP contribution in [0.2, 0.25) is 0 Å². The first-order valence-corrected chi connectivity index (χ1v) is 4.66. The van der Waals surface area contributed by atoms with E-state index >= 15 is 0 Å². The van der Waals surface area contributed by atoms with Gasteiger partial charge in [-0.15, -0.1) is 0 Å². The maximum atomic E-state index is 11.7. The van der Waals surface area contributed by atoms with Crippen molar-refractivity contribution < 1.29 is 9.90 Å². The van der Waals surface area contributed by atoms with Gasteiger partial charge in [-0.2, -0.15) is 0 Å². The molecule has 0 unspecified atom stereocenters. The van der Waals surface area contributed by atoms with Gasteiger partial charge in [0.15, 0.2) is 0 Å². The van der Waals surface area contributed by atoms with Crippen LogP contribution in [0.25, 0.3) is 0 Å². The summed E-state index contributed by atoms with van der Waals surface area (Å²) in [4.78, 5) is 11.7. The van der Waals surface area contributed by atoms with E-state index in [0.717, 1.165) is 12.8 Å². The third kappa shape index (κ3) is 1.40. The van der Waals surface area contributed by atoms with Gasteiger partial charge in [-0.05, 0) is 18.8 Å². The molecular formula is C10H18O2. The monoisotopic (exact) mass is 170 g/mol. The Morgan fingerprint density at radius 3 is 2.50 bits per heavy atom. The van der Waals surface area contributed by atoms with Crippen LogP contribution in [0.15, 0.2) is 0 Å². The summed E-state index contributed by atoms with van der Waals surface area (Å²) in [5.74, 6) is 0.869. The molecule has 1 N–H and O–H groups in total. The van der Waals surface area contributed by atoms with Crippen molar-refractivity contribution >= 4 is 5.78 Å². The molecule has 0 spiro atoms. The smallest absolute Gasteiger partial charge is 0.144 e. The topological polar surface area (TPSA) is 37.3 Å². The van der Waals surface area contributed by atoms with Crippen LogP contribution < -0.4 is 0 Å². The van der Waals surface area contributed by atoms with Crippen LogP contribution in [0.5, 0.6) is 0 Å². The minimum atomic E-state index is -0.436. The van der Waals surface area contributed by atoms with Gasteiger partial charge >= 0.3 is 0 Å². The molecule has 1 saturated carbocycles. The maximum absolute atomic E-state index is 11.7. The Morgan fingerprint density at radius 2 is 2.25 bits per heavy atom. The third-order valence-corrected chi connectivity index (χ3v) is 3.09. The standard InChI is InChI=1S/C10H18O2/c1-7(2)8-4-5-10(3,6-11)9(8)12/h7-8,11H,4-6H2,1-3H3/t8-,10-/m1/s1. The molecule has 1 rings (SSSR count). The van der Waals surface area contributed by atoms with Crippen molar-refractivity contribution in [3.05, 3.63) is 0 Å². The van der Waals surface area contributed by atoms with Gasteiger partial charge in [0.2, 0.25) is 0 Å². The highest BCUT2D eigenvalue weighted by Crippen LogP contribution is 2.40. The molecule has 1 aliphatic rings. The summed E-state index contributed by atoms with van der Waals surface area (Å²) in [7, 11) is 0. The number of Topliss-reactive ketones (excluding diaryl/α,β-unsaturated/α-hetero) is 1. The zero-order valence-corrected chi connectivity index (χ0v) is 8.13. The molecule has 2 heteroatoms. The molecule has 0 saturated heterocycles. The molecule has 0 radical (unpaired) electrons. The first-order chi connectivity index (χ1) is 5.51. The Morgan fingerprint density at radius 1 is 1.67 bits per heavy atom. The Balaban J connectivity index is 2.74. The Labute approximate surface area is 74.0 Å². The van der Waals surface area contributed by atoms with Crippen molar-refractivity contribution in [3.8, 4) is 0 Å². The maximum Gasteiger partial charge on any atom is 0.144 e. The van der Waals surface area contributed by atoms with E-state index in [1.54, 1.807) is 0 Å². The molecule has 1 fully saturated rings. The molecular weight excluding hydrogens is 152 g/mol. The van der Waals surface area contributed by atoms with E-state index in [0.29, 0.717) is 5.92 Å². The van der Waals surface area contributed by atoms with Crippen LogP contribution in [0, 0.1) is 17.3 Å². The van der Waals surface area contributed by atoms with Crippen molar-refractivity contribution in [3.63, 3.8) is 0 Å². The molecule has 0 amide bonds. The van der Waals surface area contributed by atoms with E-state index in [2.05, 4.69) is 13.8 Å². The molecule has 2 atom stereocenters. The van der Waals surface area contributed by atoms with Gasteiger partial charge in [-0.3, -0.25) is 4.79 Å². The lowest BCUT2D eigenvalue weighted by Crippen LogP contribution is -2.30. The second kappa shape index (κ2) is 3.17. The SMILES string of the molecule is CC(C)[C@H]1CC[C@](C)(CO)C1=O. The Kier molecular flexibility index (Phi) is 2.57. The van der Waals surface area contributed by atoms with Gasteiger partial charge in [0.05, 0.1) is 6.61 Å². The van der Waals surface area contributed by atoms with Crippen molar-refractivity contribution in [1.82, 2.24) is 0 Å². The van der Waals surface area contributed by atoms with Crippen LogP contribution >= 0.6 is 0 Å². The Hall–Kier alpha value is -0.370. The Bertz CT molecular complexity index is 186. The molecule has 70 valence electrons. The molecule has 1 aliphatic carbocycles. The summed E-state index contributed by atoms with van der Waals surface area (Å²) in [5.41, 5.74) is -0.436. The van der Waals surface area contributed by atoms with Crippen LogP contribution in [0.4, 0.5) is 0 Å². The fourth-order valence-electron chi connectivity index (χ4n) is 1.97. The molecule has 2 nitrogen and oxygen atoms in total. The van der Waals surface area contributed by atoms with Crippen molar-refractivity contribution in [2.24, 2.45) is 17.3 Å². The number of aliphatic hydroxyl groups is 1.